The Morgan fingerprint density at radius 3 is 2.66 bits per heavy atom. The number of carbonyl (C=O) groups is 1. The number of guanidine groups is 1. The monoisotopic (exact) mass is 437 g/mol. The fourth-order valence-corrected chi connectivity index (χ4v) is 3.26. The molecule has 0 aliphatic rings. The number of aromatic nitrogens is 3. The lowest BCUT2D eigenvalue weighted by molar-refractivity contribution is -0.127. The number of benzene rings is 1. The second-order valence-electron chi connectivity index (χ2n) is 6.40. The van der Waals surface area contributed by atoms with E-state index in [2.05, 4.69) is 25.8 Å². The van der Waals surface area contributed by atoms with E-state index < -0.39 is 0 Å². The molecule has 29 heavy (non-hydrogen) atoms. The van der Waals surface area contributed by atoms with Gasteiger partial charge in [0.2, 0.25) is 5.91 Å². The summed E-state index contributed by atoms with van der Waals surface area (Å²) in [5.41, 5.74) is 0. The highest BCUT2D eigenvalue weighted by atomic mass is 35.5. The molecular weight excluding hydrogens is 410 g/mol. The zero-order valence-electron chi connectivity index (χ0n) is 17.1. The lowest BCUT2D eigenvalue weighted by Crippen LogP contribution is -2.41. The third-order valence-electron chi connectivity index (χ3n) is 4.01. The van der Waals surface area contributed by atoms with E-state index in [0.29, 0.717) is 19.0 Å². The molecule has 0 saturated carbocycles. The van der Waals surface area contributed by atoms with Crippen molar-refractivity contribution in [3.63, 3.8) is 0 Å². The van der Waals surface area contributed by atoms with Crippen molar-refractivity contribution >= 4 is 35.2 Å². The van der Waals surface area contributed by atoms with Crippen LogP contribution in [-0.4, -0.2) is 71.0 Å². The van der Waals surface area contributed by atoms with Crippen LogP contribution < -0.4 is 10.6 Å². The van der Waals surface area contributed by atoms with Crippen LogP contribution in [0.3, 0.4) is 0 Å². The van der Waals surface area contributed by atoms with E-state index in [1.54, 1.807) is 32.2 Å². The van der Waals surface area contributed by atoms with E-state index in [1.165, 1.54) is 4.90 Å². The van der Waals surface area contributed by atoms with E-state index in [9.17, 15) is 4.79 Å². The van der Waals surface area contributed by atoms with Gasteiger partial charge in [-0.2, -0.15) is 0 Å². The molecule has 1 heterocycles. The molecule has 2 aromatic rings. The van der Waals surface area contributed by atoms with E-state index in [0.717, 1.165) is 34.5 Å². The molecule has 0 unspecified atom stereocenters. The summed E-state index contributed by atoms with van der Waals surface area (Å²) in [5, 5.41) is 15.3. The van der Waals surface area contributed by atoms with Crippen LogP contribution in [-0.2, 0) is 17.8 Å². The first-order valence-corrected chi connectivity index (χ1v) is 10.8. The summed E-state index contributed by atoms with van der Waals surface area (Å²) in [6, 6.07) is 7.77. The van der Waals surface area contributed by atoms with E-state index in [1.807, 2.05) is 35.8 Å². The maximum atomic E-state index is 11.9. The second-order valence-corrected chi connectivity index (χ2v) is 8.01. The van der Waals surface area contributed by atoms with Gasteiger partial charge in [0, 0.05) is 55.8 Å². The molecule has 2 N–H and O–H groups in total. The van der Waals surface area contributed by atoms with Gasteiger partial charge >= 0.3 is 0 Å². The summed E-state index contributed by atoms with van der Waals surface area (Å²) in [6.07, 6.45) is 2.56. The number of aliphatic imine (C=N–C) groups is 1. The predicted molar refractivity (Wildman–Crippen MR) is 119 cm³/mol. The molecule has 0 atom stereocenters. The van der Waals surface area contributed by atoms with Gasteiger partial charge in [-0.15, -0.1) is 22.0 Å². The molecule has 0 saturated heterocycles. The maximum absolute atomic E-state index is 11.9. The van der Waals surface area contributed by atoms with Crippen LogP contribution in [0.25, 0.3) is 0 Å². The number of carbonyl (C=O) groups excluding carboxylic acids is 1. The minimum Gasteiger partial charge on any atom is -0.356 e. The zero-order chi connectivity index (χ0) is 21.1. The van der Waals surface area contributed by atoms with Crippen molar-refractivity contribution in [2.75, 3.05) is 39.5 Å². The van der Waals surface area contributed by atoms with Gasteiger partial charge in [-0.1, -0.05) is 18.5 Å². The summed E-state index contributed by atoms with van der Waals surface area (Å²) in [5.74, 6) is 2.37. The van der Waals surface area contributed by atoms with Crippen LogP contribution in [0.2, 0.25) is 5.02 Å². The number of amides is 1. The van der Waals surface area contributed by atoms with Crippen LogP contribution in [0.1, 0.15) is 12.7 Å². The van der Waals surface area contributed by atoms with Gasteiger partial charge in [0.25, 0.3) is 0 Å². The smallest absolute Gasteiger partial charge is 0.243 e. The SMILES string of the molecule is CCc1nncn1CCNC(=NCC(=O)N(C)C)NCCSc1ccc(Cl)cc1. The number of nitrogens with zero attached hydrogens (tertiary/aromatic N) is 5. The average molecular weight is 438 g/mol. The molecule has 8 nitrogen and oxygen atoms in total. The highest BCUT2D eigenvalue weighted by molar-refractivity contribution is 7.99. The number of hydrogen-bond acceptors (Lipinski definition) is 5. The van der Waals surface area contributed by atoms with Crippen molar-refractivity contribution in [2.45, 2.75) is 24.8 Å². The molecule has 0 spiro atoms. The number of halogens is 1. The molecule has 1 aromatic carbocycles. The van der Waals surface area contributed by atoms with E-state index >= 15 is 0 Å². The average Bonchev–Trinajstić information content (AvgIpc) is 3.17. The Labute approximate surface area is 181 Å². The fourth-order valence-electron chi connectivity index (χ4n) is 2.37. The summed E-state index contributed by atoms with van der Waals surface area (Å²) in [7, 11) is 3.44. The van der Waals surface area contributed by atoms with E-state index in [4.69, 9.17) is 11.6 Å². The molecule has 0 radical (unpaired) electrons. The summed E-state index contributed by atoms with van der Waals surface area (Å²) >= 11 is 7.64. The third-order valence-corrected chi connectivity index (χ3v) is 5.27. The Morgan fingerprint density at radius 1 is 1.24 bits per heavy atom. The third kappa shape index (κ3) is 8.33. The number of hydrogen-bond donors (Lipinski definition) is 2. The zero-order valence-corrected chi connectivity index (χ0v) is 18.6. The minimum atomic E-state index is -0.0475. The molecule has 0 bridgehead atoms. The molecule has 1 aromatic heterocycles. The highest BCUT2D eigenvalue weighted by Crippen LogP contribution is 2.19. The first-order chi connectivity index (χ1) is 14.0. The van der Waals surface area contributed by atoms with Gasteiger partial charge in [-0.25, -0.2) is 4.99 Å². The quantitative estimate of drug-likeness (QED) is 0.255. The summed E-state index contributed by atoms with van der Waals surface area (Å²) in [6.45, 7) is 4.23. The Bertz CT molecular complexity index is 792. The normalized spacial score (nSPS) is 11.4. The second kappa shape index (κ2) is 12.3. The lowest BCUT2D eigenvalue weighted by Gasteiger charge is -2.14. The van der Waals surface area contributed by atoms with Crippen LogP contribution in [0.5, 0.6) is 0 Å². The molecule has 2 rings (SSSR count). The minimum absolute atomic E-state index is 0.0475. The predicted octanol–water partition coefficient (Wildman–Crippen LogP) is 1.91. The van der Waals surface area contributed by atoms with Crippen LogP contribution in [0.15, 0.2) is 40.5 Å². The largest absolute Gasteiger partial charge is 0.356 e. The van der Waals surface area contributed by atoms with Gasteiger partial charge < -0.3 is 20.1 Å². The van der Waals surface area contributed by atoms with Crippen LogP contribution in [0, 0.1) is 0 Å². The fraction of sp³-hybridized carbons (Fsp3) is 0.474. The molecule has 10 heteroatoms. The molecule has 1 amide bonds. The van der Waals surface area contributed by atoms with Gasteiger partial charge in [-0.3, -0.25) is 4.79 Å². The molecule has 0 aliphatic carbocycles. The van der Waals surface area contributed by atoms with E-state index in [-0.39, 0.29) is 12.5 Å². The van der Waals surface area contributed by atoms with Crippen molar-refractivity contribution in [1.29, 1.82) is 0 Å². The van der Waals surface area contributed by atoms with Crippen molar-refractivity contribution < 1.29 is 4.79 Å². The highest BCUT2D eigenvalue weighted by Gasteiger charge is 2.06. The summed E-state index contributed by atoms with van der Waals surface area (Å²) < 4.78 is 2.01. The van der Waals surface area contributed by atoms with Gasteiger partial charge in [-0.05, 0) is 24.3 Å². The molecule has 0 fully saturated rings. The Balaban J connectivity index is 1.83. The number of likely N-dealkylation sites (N-methyl/N-ethyl adjacent to an activating group) is 1. The molecule has 158 valence electrons. The van der Waals surface area contributed by atoms with Crippen molar-refractivity contribution in [3.8, 4) is 0 Å². The maximum Gasteiger partial charge on any atom is 0.243 e. The number of thioether (sulfide) groups is 1. The standard InChI is InChI=1S/C19H28ClN7OS/c1-4-17-25-24-14-27(17)11-9-21-19(23-13-18(28)26(2)3)22-10-12-29-16-7-5-15(20)6-8-16/h5-8,14H,4,9-13H2,1-3H3,(H2,21,22,23). The van der Waals surface area contributed by atoms with Crippen molar-refractivity contribution in [2.24, 2.45) is 4.99 Å². The first-order valence-electron chi connectivity index (χ1n) is 9.47. The van der Waals surface area contributed by atoms with Crippen LogP contribution in [0.4, 0.5) is 0 Å². The number of rotatable bonds is 10. The Kier molecular flexibility index (Phi) is 9.79. The van der Waals surface area contributed by atoms with Gasteiger partial charge in [0.15, 0.2) is 5.96 Å². The summed E-state index contributed by atoms with van der Waals surface area (Å²) in [4.78, 5) is 18.9. The van der Waals surface area contributed by atoms with Crippen LogP contribution >= 0.6 is 23.4 Å². The molecule has 0 aliphatic heterocycles. The van der Waals surface area contributed by atoms with Gasteiger partial charge in [0.1, 0.15) is 18.7 Å². The Hall–Kier alpha value is -2.26. The van der Waals surface area contributed by atoms with Gasteiger partial charge in [0.05, 0.1) is 0 Å². The topological polar surface area (TPSA) is 87.4 Å². The van der Waals surface area contributed by atoms with Crippen molar-refractivity contribution in [1.82, 2.24) is 30.3 Å². The number of aryl methyl sites for hydroxylation is 1. The first kappa shape index (κ1) is 23.0. The Morgan fingerprint density at radius 2 is 1.97 bits per heavy atom. The lowest BCUT2D eigenvalue weighted by atomic mass is 10.4. The van der Waals surface area contributed by atoms with Crippen molar-refractivity contribution in [3.05, 3.63) is 41.4 Å². The molecular formula is C19H28ClN7OS. The number of nitrogens with one attached hydrogen (secondary N) is 2.